The number of carbonyl (C=O) groups is 2. The molecule has 2 N–H and O–H groups in total. The second-order valence-electron chi connectivity index (χ2n) is 6.77. The van der Waals surface area contributed by atoms with Gasteiger partial charge in [-0.05, 0) is 49.6 Å². The van der Waals surface area contributed by atoms with Gasteiger partial charge in [-0.2, -0.15) is 0 Å². The molecule has 2 amide bonds. The standard InChI is InChI=1S/C22H25FN4O2/c1-2-24-22(26-15-16-8-7-9-17(23)14-16)25-12-5-6-13-27-20(28)18-10-3-4-11-19(18)21(27)29/h3-4,7-11,14H,2,5-6,12-13,15H2,1H3,(H2,24,25,26). The third-order valence-corrected chi connectivity index (χ3v) is 4.63. The zero-order valence-corrected chi connectivity index (χ0v) is 16.5. The second kappa shape index (κ2) is 9.82. The first-order valence-corrected chi connectivity index (χ1v) is 9.82. The van der Waals surface area contributed by atoms with Gasteiger partial charge >= 0.3 is 0 Å². The average molecular weight is 396 g/mol. The van der Waals surface area contributed by atoms with E-state index < -0.39 is 0 Å². The summed E-state index contributed by atoms with van der Waals surface area (Å²) in [5.74, 6) is -0.0617. The van der Waals surface area contributed by atoms with Gasteiger partial charge in [-0.15, -0.1) is 0 Å². The topological polar surface area (TPSA) is 73.8 Å². The minimum atomic E-state index is -0.274. The summed E-state index contributed by atoms with van der Waals surface area (Å²) in [5.41, 5.74) is 1.76. The summed E-state index contributed by atoms with van der Waals surface area (Å²) in [4.78, 5) is 30.5. The summed E-state index contributed by atoms with van der Waals surface area (Å²) in [7, 11) is 0. The van der Waals surface area contributed by atoms with Crippen molar-refractivity contribution in [2.45, 2.75) is 26.3 Å². The van der Waals surface area contributed by atoms with E-state index in [4.69, 9.17) is 0 Å². The summed E-state index contributed by atoms with van der Waals surface area (Å²) >= 11 is 0. The molecule has 0 radical (unpaired) electrons. The molecule has 1 aliphatic rings. The van der Waals surface area contributed by atoms with Crippen molar-refractivity contribution in [1.29, 1.82) is 0 Å². The largest absolute Gasteiger partial charge is 0.357 e. The van der Waals surface area contributed by atoms with Gasteiger partial charge in [0, 0.05) is 19.6 Å². The van der Waals surface area contributed by atoms with E-state index in [1.807, 2.05) is 13.0 Å². The highest BCUT2D eigenvalue weighted by molar-refractivity contribution is 6.21. The van der Waals surface area contributed by atoms with Gasteiger partial charge in [0.25, 0.3) is 11.8 Å². The number of aliphatic imine (C=N–C) groups is 1. The van der Waals surface area contributed by atoms with Crippen LogP contribution < -0.4 is 10.6 Å². The predicted octanol–water partition coefficient (Wildman–Crippen LogP) is 2.96. The van der Waals surface area contributed by atoms with Gasteiger partial charge in [0.2, 0.25) is 0 Å². The quantitative estimate of drug-likeness (QED) is 0.311. The van der Waals surface area contributed by atoms with Crippen molar-refractivity contribution in [3.8, 4) is 0 Å². The Morgan fingerprint density at radius 1 is 1.00 bits per heavy atom. The van der Waals surface area contributed by atoms with Crippen LogP contribution in [0.4, 0.5) is 4.39 Å². The van der Waals surface area contributed by atoms with Crippen LogP contribution in [0.3, 0.4) is 0 Å². The molecule has 0 unspecified atom stereocenters. The van der Waals surface area contributed by atoms with Crippen molar-refractivity contribution in [2.24, 2.45) is 4.99 Å². The number of amides is 2. The maximum atomic E-state index is 13.3. The maximum absolute atomic E-state index is 13.3. The van der Waals surface area contributed by atoms with Crippen LogP contribution in [0.5, 0.6) is 0 Å². The molecule has 2 aromatic rings. The van der Waals surface area contributed by atoms with Gasteiger partial charge in [0.1, 0.15) is 5.82 Å². The van der Waals surface area contributed by atoms with Crippen molar-refractivity contribution in [2.75, 3.05) is 19.6 Å². The third kappa shape index (κ3) is 5.19. The summed E-state index contributed by atoms with van der Waals surface area (Å²) in [6, 6.07) is 13.3. The molecule has 2 aromatic carbocycles. The van der Waals surface area contributed by atoms with Crippen molar-refractivity contribution in [3.05, 3.63) is 71.0 Å². The molecule has 0 spiro atoms. The molecule has 3 rings (SSSR count). The van der Waals surface area contributed by atoms with E-state index in [2.05, 4.69) is 15.6 Å². The summed E-state index contributed by atoms with van der Waals surface area (Å²) in [6.07, 6.45) is 1.47. The zero-order chi connectivity index (χ0) is 20.6. The van der Waals surface area contributed by atoms with E-state index in [0.717, 1.165) is 12.0 Å². The molecule has 29 heavy (non-hydrogen) atoms. The molecule has 0 bridgehead atoms. The van der Waals surface area contributed by atoms with E-state index in [9.17, 15) is 14.0 Å². The SMILES string of the molecule is CCNC(=NCc1cccc(F)c1)NCCCCN1C(=O)c2ccccc2C1=O. The Morgan fingerprint density at radius 2 is 1.72 bits per heavy atom. The Labute approximate surface area is 169 Å². The van der Waals surface area contributed by atoms with Crippen LogP contribution in [0, 0.1) is 5.82 Å². The van der Waals surface area contributed by atoms with E-state index >= 15 is 0 Å². The van der Waals surface area contributed by atoms with E-state index in [1.54, 1.807) is 30.3 Å². The first-order chi connectivity index (χ1) is 14.1. The normalized spacial score (nSPS) is 13.6. The Morgan fingerprint density at radius 3 is 2.38 bits per heavy atom. The van der Waals surface area contributed by atoms with Crippen LogP contribution in [0.15, 0.2) is 53.5 Å². The van der Waals surface area contributed by atoms with Crippen molar-refractivity contribution in [3.63, 3.8) is 0 Å². The van der Waals surface area contributed by atoms with Gasteiger partial charge in [0.05, 0.1) is 17.7 Å². The minimum absolute atomic E-state index is 0.219. The fraction of sp³-hybridized carbons (Fsp3) is 0.318. The molecule has 0 saturated heterocycles. The Bertz CT molecular complexity index is 878. The van der Waals surface area contributed by atoms with Crippen LogP contribution in [-0.2, 0) is 6.54 Å². The molecular formula is C22H25FN4O2. The fourth-order valence-electron chi connectivity index (χ4n) is 3.19. The van der Waals surface area contributed by atoms with Crippen LogP contribution in [-0.4, -0.2) is 42.3 Å². The van der Waals surface area contributed by atoms with Crippen LogP contribution in [0.1, 0.15) is 46.0 Å². The monoisotopic (exact) mass is 396 g/mol. The maximum Gasteiger partial charge on any atom is 0.261 e. The molecule has 152 valence electrons. The van der Waals surface area contributed by atoms with Crippen LogP contribution >= 0.6 is 0 Å². The first kappa shape index (κ1) is 20.5. The Balaban J connectivity index is 1.44. The number of nitrogens with one attached hydrogen (secondary N) is 2. The van der Waals surface area contributed by atoms with Gasteiger partial charge in [0.15, 0.2) is 5.96 Å². The molecule has 1 heterocycles. The number of halogens is 1. The van der Waals surface area contributed by atoms with Gasteiger partial charge in [-0.1, -0.05) is 24.3 Å². The number of guanidine groups is 1. The van der Waals surface area contributed by atoms with E-state index in [-0.39, 0.29) is 17.6 Å². The molecule has 6 nitrogen and oxygen atoms in total. The number of rotatable bonds is 8. The number of carbonyl (C=O) groups excluding carboxylic acids is 2. The lowest BCUT2D eigenvalue weighted by atomic mass is 10.1. The molecular weight excluding hydrogens is 371 g/mol. The van der Waals surface area contributed by atoms with Gasteiger partial charge in [-0.3, -0.25) is 14.5 Å². The summed E-state index contributed by atoms with van der Waals surface area (Å²) in [5, 5.41) is 6.38. The van der Waals surface area contributed by atoms with Crippen LogP contribution in [0.2, 0.25) is 0 Å². The number of hydrogen-bond acceptors (Lipinski definition) is 3. The average Bonchev–Trinajstić information content (AvgIpc) is 2.96. The van der Waals surface area contributed by atoms with Crippen LogP contribution in [0.25, 0.3) is 0 Å². The number of imide groups is 1. The molecule has 7 heteroatoms. The second-order valence-corrected chi connectivity index (χ2v) is 6.77. The highest BCUT2D eigenvalue weighted by Gasteiger charge is 2.34. The van der Waals surface area contributed by atoms with Crippen molar-refractivity contribution >= 4 is 17.8 Å². The van der Waals surface area contributed by atoms with E-state index in [0.29, 0.717) is 49.7 Å². The number of hydrogen-bond donors (Lipinski definition) is 2. The molecule has 0 saturated carbocycles. The summed E-state index contributed by atoms with van der Waals surface area (Å²) < 4.78 is 13.3. The minimum Gasteiger partial charge on any atom is -0.357 e. The molecule has 0 atom stereocenters. The Hall–Kier alpha value is -3.22. The lowest BCUT2D eigenvalue weighted by molar-refractivity contribution is 0.0652. The molecule has 0 fully saturated rings. The number of unbranched alkanes of at least 4 members (excludes halogenated alkanes) is 1. The molecule has 0 aliphatic carbocycles. The highest BCUT2D eigenvalue weighted by atomic mass is 19.1. The van der Waals surface area contributed by atoms with E-state index in [1.165, 1.54) is 17.0 Å². The third-order valence-electron chi connectivity index (χ3n) is 4.63. The van der Waals surface area contributed by atoms with Crippen molar-refractivity contribution in [1.82, 2.24) is 15.5 Å². The lowest BCUT2D eigenvalue weighted by Gasteiger charge is -2.14. The van der Waals surface area contributed by atoms with Gasteiger partial charge in [-0.25, -0.2) is 9.38 Å². The molecule has 0 aromatic heterocycles. The summed E-state index contributed by atoms with van der Waals surface area (Å²) in [6.45, 7) is 4.11. The lowest BCUT2D eigenvalue weighted by Crippen LogP contribution is -2.38. The number of fused-ring (bicyclic) bond motifs is 1. The fourth-order valence-corrected chi connectivity index (χ4v) is 3.19. The smallest absolute Gasteiger partial charge is 0.261 e. The predicted molar refractivity (Wildman–Crippen MR) is 110 cm³/mol. The highest BCUT2D eigenvalue weighted by Crippen LogP contribution is 2.22. The first-order valence-electron chi connectivity index (χ1n) is 9.82. The zero-order valence-electron chi connectivity index (χ0n) is 16.5. The number of nitrogens with zero attached hydrogens (tertiary/aromatic N) is 2. The molecule has 1 aliphatic heterocycles. The number of benzene rings is 2. The van der Waals surface area contributed by atoms with Gasteiger partial charge < -0.3 is 10.6 Å². The van der Waals surface area contributed by atoms with Crippen molar-refractivity contribution < 1.29 is 14.0 Å². The Kier molecular flexibility index (Phi) is 6.94.